The van der Waals surface area contributed by atoms with E-state index in [0.717, 1.165) is 58.4 Å². The molecule has 0 fully saturated rings. The summed E-state index contributed by atoms with van der Waals surface area (Å²) in [5.41, 5.74) is 5.46. The molecule has 1 N–H and O–H groups in total. The van der Waals surface area contributed by atoms with Crippen molar-refractivity contribution < 1.29 is 4.74 Å². The van der Waals surface area contributed by atoms with Crippen molar-refractivity contribution in [3.05, 3.63) is 97.1 Å². The molecule has 0 amide bonds. The summed E-state index contributed by atoms with van der Waals surface area (Å²) in [6.45, 7) is 1.22. The second kappa shape index (κ2) is 10.0. The standard InChI is InChI=1S/C27H25N9O/c1-35-33-15-24(34-35)21-6-4-19(5-7-21)14-29-26-12-23(31-18-32-26)25-16-30-27-11-22(8-10-36(25)27)37-17-20-3-2-9-28-13-20/h2-4,6-13,15-16,18-19H,5,14,17H2,1H3,(H,29,31,32). The van der Waals surface area contributed by atoms with Gasteiger partial charge in [0.25, 0.3) is 0 Å². The first-order valence-corrected chi connectivity index (χ1v) is 12.0. The van der Waals surface area contributed by atoms with E-state index >= 15 is 0 Å². The van der Waals surface area contributed by atoms with Gasteiger partial charge in [0.05, 0.1) is 23.8 Å². The molecule has 5 aromatic heterocycles. The highest BCUT2D eigenvalue weighted by Crippen LogP contribution is 2.25. The van der Waals surface area contributed by atoms with Crippen molar-refractivity contribution in [2.24, 2.45) is 13.0 Å². The number of aryl methyl sites for hydroxylation is 1. The number of pyridine rings is 2. The lowest BCUT2D eigenvalue weighted by Crippen LogP contribution is -2.14. The average molecular weight is 492 g/mol. The van der Waals surface area contributed by atoms with Crippen LogP contribution in [-0.4, -0.2) is 45.9 Å². The SMILES string of the molecule is Cn1ncc(C2=CCC(CNc3cc(-c4cnc5cc(OCc6cccnc6)ccn45)ncn3)C=C2)n1. The normalized spacial score (nSPS) is 15.1. The van der Waals surface area contributed by atoms with E-state index in [1.54, 1.807) is 29.7 Å². The van der Waals surface area contributed by atoms with Crippen LogP contribution in [0, 0.1) is 5.92 Å². The number of hydrogen-bond donors (Lipinski definition) is 1. The summed E-state index contributed by atoms with van der Waals surface area (Å²) in [6, 6.07) is 9.67. The summed E-state index contributed by atoms with van der Waals surface area (Å²) < 4.78 is 7.90. The van der Waals surface area contributed by atoms with Crippen LogP contribution in [0.15, 0.2) is 85.9 Å². The lowest BCUT2D eigenvalue weighted by Gasteiger charge is -2.16. The van der Waals surface area contributed by atoms with Crippen molar-refractivity contribution in [2.75, 3.05) is 11.9 Å². The number of fused-ring (bicyclic) bond motifs is 1. The number of imidazole rings is 1. The summed E-state index contributed by atoms with van der Waals surface area (Å²) >= 11 is 0. The summed E-state index contributed by atoms with van der Waals surface area (Å²) in [6.07, 6.45) is 18.1. The topological polar surface area (TPSA) is 108 Å². The smallest absolute Gasteiger partial charge is 0.140 e. The van der Waals surface area contributed by atoms with Gasteiger partial charge in [0.2, 0.25) is 0 Å². The third-order valence-electron chi connectivity index (χ3n) is 6.17. The van der Waals surface area contributed by atoms with Gasteiger partial charge in [-0.05, 0) is 30.0 Å². The Morgan fingerprint density at radius 3 is 2.86 bits per heavy atom. The zero-order valence-corrected chi connectivity index (χ0v) is 20.3. The molecule has 6 rings (SSSR count). The Morgan fingerprint density at radius 2 is 2.05 bits per heavy atom. The van der Waals surface area contributed by atoms with E-state index in [4.69, 9.17) is 4.74 Å². The monoisotopic (exact) mass is 491 g/mol. The maximum atomic E-state index is 5.91. The predicted octanol–water partition coefficient (Wildman–Crippen LogP) is 3.97. The van der Waals surface area contributed by atoms with E-state index in [-0.39, 0.29) is 0 Å². The molecule has 1 aliphatic rings. The molecule has 37 heavy (non-hydrogen) atoms. The first-order chi connectivity index (χ1) is 18.2. The van der Waals surface area contributed by atoms with Crippen molar-refractivity contribution in [1.82, 2.24) is 39.3 Å². The minimum atomic E-state index is 0.361. The third kappa shape index (κ3) is 5.08. The van der Waals surface area contributed by atoms with Crippen LogP contribution in [-0.2, 0) is 13.7 Å². The zero-order chi connectivity index (χ0) is 25.0. The third-order valence-corrected chi connectivity index (χ3v) is 6.17. The Morgan fingerprint density at radius 1 is 1.08 bits per heavy atom. The molecule has 0 aromatic carbocycles. The number of rotatable bonds is 8. The van der Waals surface area contributed by atoms with Gasteiger partial charge in [-0.25, -0.2) is 15.0 Å². The first-order valence-electron chi connectivity index (χ1n) is 12.0. The molecule has 1 atom stereocenters. The molecule has 1 aliphatic carbocycles. The van der Waals surface area contributed by atoms with Gasteiger partial charge in [-0.15, -0.1) is 0 Å². The van der Waals surface area contributed by atoms with Gasteiger partial charge in [-0.3, -0.25) is 9.38 Å². The Bertz CT molecular complexity index is 1590. The second-order valence-corrected chi connectivity index (χ2v) is 8.79. The summed E-state index contributed by atoms with van der Waals surface area (Å²) in [4.78, 5) is 19.1. The molecule has 0 spiro atoms. The summed E-state index contributed by atoms with van der Waals surface area (Å²) in [7, 11) is 1.82. The number of hydrogen-bond acceptors (Lipinski definition) is 8. The molecule has 0 saturated carbocycles. The Balaban J connectivity index is 1.10. The quantitative estimate of drug-likeness (QED) is 0.347. The fourth-order valence-corrected chi connectivity index (χ4v) is 4.21. The summed E-state index contributed by atoms with van der Waals surface area (Å²) in [5.74, 6) is 1.88. The van der Waals surface area contributed by atoms with Crippen molar-refractivity contribution >= 4 is 17.0 Å². The number of allylic oxidation sites excluding steroid dienone is 3. The minimum Gasteiger partial charge on any atom is -0.489 e. The number of nitrogens with zero attached hydrogens (tertiary/aromatic N) is 8. The van der Waals surface area contributed by atoms with E-state index in [0.29, 0.717) is 12.5 Å². The Hall–Kier alpha value is -4.86. The van der Waals surface area contributed by atoms with Gasteiger partial charge >= 0.3 is 0 Å². The Labute approximate surface area is 213 Å². The molecule has 0 radical (unpaired) electrons. The molecule has 5 aromatic rings. The highest BCUT2D eigenvalue weighted by Gasteiger charge is 2.13. The van der Waals surface area contributed by atoms with E-state index in [2.05, 4.69) is 53.7 Å². The number of aromatic nitrogens is 8. The van der Waals surface area contributed by atoms with Crippen LogP contribution in [0.1, 0.15) is 17.7 Å². The molecule has 0 saturated heterocycles. The minimum absolute atomic E-state index is 0.361. The molecule has 5 heterocycles. The highest BCUT2D eigenvalue weighted by molar-refractivity contribution is 5.72. The van der Waals surface area contributed by atoms with E-state index in [1.165, 1.54) is 0 Å². The van der Waals surface area contributed by atoms with Crippen molar-refractivity contribution in [3.63, 3.8) is 0 Å². The van der Waals surface area contributed by atoms with Crippen LogP contribution in [0.2, 0.25) is 0 Å². The van der Waals surface area contributed by atoms with Gasteiger partial charge in [0.15, 0.2) is 0 Å². The average Bonchev–Trinajstić information content (AvgIpc) is 3.58. The van der Waals surface area contributed by atoms with E-state index in [1.807, 2.05) is 54.2 Å². The van der Waals surface area contributed by atoms with Crippen molar-refractivity contribution in [1.29, 1.82) is 0 Å². The van der Waals surface area contributed by atoms with Crippen LogP contribution in [0.3, 0.4) is 0 Å². The number of ether oxygens (including phenoxy) is 1. The van der Waals surface area contributed by atoms with Crippen LogP contribution >= 0.6 is 0 Å². The van der Waals surface area contributed by atoms with Crippen molar-refractivity contribution in [2.45, 2.75) is 13.0 Å². The molecule has 0 bridgehead atoms. The molecule has 10 heteroatoms. The van der Waals surface area contributed by atoms with E-state index < -0.39 is 0 Å². The maximum Gasteiger partial charge on any atom is 0.140 e. The van der Waals surface area contributed by atoms with Crippen LogP contribution in [0.5, 0.6) is 5.75 Å². The maximum absolute atomic E-state index is 5.91. The molecule has 184 valence electrons. The molecular formula is C27H25N9O. The fraction of sp³-hybridized carbons (Fsp3) is 0.185. The zero-order valence-electron chi connectivity index (χ0n) is 20.3. The molecule has 1 unspecified atom stereocenters. The fourth-order valence-electron chi connectivity index (χ4n) is 4.21. The summed E-state index contributed by atoms with van der Waals surface area (Å²) in [5, 5.41) is 12.0. The largest absolute Gasteiger partial charge is 0.489 e. The van der Waals surface area contributed by atoms with Crippen molar-refractivity contribution in [3.8, 4) is 17.1 Å². The van der Waals surface area contributed by atoms with Gasteiger partial charge in [0, 0.05) is 49.9 Å². The highest BCUT2D eigenvalue weighted by atomic mass is 16.5. The van der Waals surface area contributed by atoms with Gasteiger partial charge < -0.3 is 10.1 Å². The van der Waals surface area contributed by atoms with Gasteiger partial charge in [0.1, 0.15) is 35.8 Å². The van der Waals surface area contributed by atoms with Gasteiger partial charge in [-0.2, -0.15) is 15.0 Å². The van der Waals surface area contributed by atoms with Crippen LogP contribution in [0.25, 0.3) is 22.6 Å². The van der Waals surface area contributed by atoms with Crippen LogP contribution in [0.4, 0.5) is 5.82 Å². The predicted molar refractivity (Wildman–Crippen MR) is 140 cm³/mol. The molecular weight excluding hydrogens is 466 g/mol. The van der Waals surface area contributed by atoms with E-state index in [9.17, 15) is 0 Å². The Kier molecular flexibility index (Phi) is 6.12. The number of anilines is 1. The van der Waals surface area contributed by atoms with Gasteiger partial charge in [-0.1, -0.05) is 24.3 Å². The lowest BCUT2D eigenvalue weighted by molar-refractivity contribution is 0.305. The molecule has 10 nitrogen and oxygen atoms in total. The second-order valence-electron chi connectivity index (χ2n) is 8.79. The first kappa shape index (κ1) is 22.6. The molecule has 0 aliphatic heterocycles. The lowest BCUT2D eigenvalue weighted by atomic mass is 9.95. The number of nitrogens with one attached hydrogen (secondary N) is 1. The van der Waals surface area contributed by atoms with Crippen LogP contribution < -0.4 is 10.1 Å².